The van der Waals surface area contributed by atoms with Crippen LogP contribution >= 0.6 is 22.6 Å². The molecule has 0 radical (unpaired) electrons. The summed E-state index contributed by atoms with van der Waals surface area (Å²) in [6.07, 6.45) is -2.94. The van der Waals surface area contributed by atoms with E-state index in [-0.39, 0.29) is 15.7 Å². The minimum atomic E-state index is -2.68. The van der Waals surface area contributed by atoms with Crippen molar-refractivity contribution in [3.8, 4) is 0 Å². The fourth-order valence-electron chi connectivity index (χ4n) is 1.19. The van der Waals surface area contributed by atoms with Crippen LogP contribution in [0.3, 0.4) is 0 Å². The van der Waals surface area contributed by atoms with Crippen LogP contribution in [0.4, 0.5) is 8.78 Å². The molecule has 15 heavy (non-hydrogen) atoms. The van der Waals surface area contributed by atoms with E-state index < -0.39 is 12.4 Å². The minimum absolute atomic E-state index is 0.232. The van der Waals surface area contributed by atoms with Gasteiger partial charge in [-0.2, -0.15) is 0 Å². The van der Waals surface area contributed by atoms with Crippen LogP contribution in [-0.4, -0.2) is 16.1 Å². The predicted molar refractivity (Wildman–Crippen MR) is 58.0 cm³/mol. The zero-order chi connectivity index (χ0) is 11.6. The Kier molecular flexibility index (Phi) is 3.95. The highest BCUT2D eigenvalue weighted by Gasteiger charge is 2.18. The number of halogens is 3. The highest BCUT2D eigenvalue weighted by molar-refractivity contribution is 14.1. The molecule has 0 amide bonds. The lowest BCUT2D eigenvalue weighted by Crippen LogP contribution is -2.07. The lowest BCUT2D eigenvalue weighted by molar-refractivity contribution is -0.136. The number of carbonyl (C=O) groups is 1. The highest BCUT2D eigenvalue weighted by Crippen LogP contribution is 2.26. The molecule has 0 saturated carbocycles. The molecule has 0 fully saturated rings. The summed E-state index contributed by atoms with van der Waals surface area (Å²) in [5.74, 6) is -1.04. The van der Waals surface area contributed by atoms with Gasteiger partial charge in [0.05, 0.1) is 6.42 Å². The van der Waals surface area contributed by atoms with Crippen LogP contribution < -0.4 is 0 Å². The van der Waals surface area contributed by atoms with Crippen molar-refractivity contribution in [3.05, 3.63) is 26.6 Å². The Balaban J connectivity index is 3.21. The molecule has 1 aromatic rings. The summed E-state index contributed by atoms with van der Waals surface area (Å²) in [7, 11) is 0. The topological polar surface area (TPSA) is 50.2 Å². The molecule has 0 aliphatic heterocycles. The molecule has 0 saturated heterocycles. The van der Waals surface area contributed by atoms with Gasteiger partial charge in [-0.05, 0) is 41.1 Å². The number of hydrogen-bond donors (Lipinski definition) is 1. The van der Waals surface area contributed by atoms with Crippen molar-refractivity contribution in [3.63, 3.8) is 0 Å². The third-order valence-electron chi connectivity index (χ3n) is 1.74. The molecule has 0 aromatic carbocycles. The second-order valence-electron chi connectivity index (χ2n) is 2.99. The Hall–Kier alpha value is -0.790. The van der Waals surface area contributed by atoms with Crippen LogP contribution in [0.5, 0.6) is 0 Å². The number of carboxylic acid groups (broad SMARTS) is 1. The Morgan fingerprint density at radius 3 is 2.73 bits per heavy atom. The molecule has 0 atom stereocenters. The predicted octanol–water partition coefficient (Wildman–Crippen LogP) is 2.56. The molecule has 1 aromatic heterocycles. The molecule has 0 spiro atoms. The maximum absolute atomic E-state index is 12.5. The van der Waals surface area contributed by atoms with Gasteiger partial charge in [0.2, 0.25) is 0 Å². The Morgan fingerprint density at radius 1 is 1.67 bits per heavy atom. The van der Waals surface area contributed by atoms with Gasteiger partial charge in [0.15, 0.2) is 0 Å². The number of nitrogens with zero attached hydrogens (tertiary/aromatic N) is 1. The summed E-state index contributed by atoms with van der Waals surface area (Å²) in [5, 5.41) is 8.60. The van der Waals surface area contributed by atoms with E-state index in [0.29, 0.717) is 11.3 Å². The number of aryl methyl sites for hydroxylation is 1. The average Bonchev–Trinajstić information content (AvgIpc) is 2.09. The van der Waals surface area contributed by atoms with E-state index in [4.69, 9.17) is 5.11 Å². The first kappa shape index (κ1) is 12.3. The smallest absolute Gasteiger partial charge is 0.307 e. The van der Waals surface area contributed by atoms with E-state index in [9.17, 15) is 13.6 Å². The van der Waals surface area contributed by atoms with Crippen molar-refractivity contribution < 1.29 is 18.7 Å². The molecule has 0 aliphatic carbocycles. The summed E-state index contributed by atoms with van der Waals surface area (Å²) < 4.78 is 25.3. The molecular formula is C9H8F2INO2. The molecule has 6 heteroatoms. The van der Waals surface area contributed by atoms with E-state index >= 15 is 0 Å². The normalized spacial score (nSPS) is 10.7. The van der Waals surface area contributed by atoms with Gasteiger partial charge in [-0.25, -0.2) is 8.78 Å². The third-order valence-corrected chi connectivity index (χ3v) is 2.98. The fourth-order valence-corrected chi connectivity index (χ4v) is 1.89. The van der Waals surface area contributed by atoms with Gasteiger partial charge in [0, 0.05) is 9.26 Å². The van der Waals surface area contributed by atoms with Crippen molar-refractivity contribution in [1.82, 2.24) is 4.98 Å². The van der Waals surface area contributed by atoms with E-state index in [2.05, 4.69) is 4.98 Å². The molecular weight excluding hydrogens is 319 g/mol. The highest BCUT2D eigenvalue weighted by atomic mass is 127. The van der Waals surface area contributed by atoms with Crippen molar-refractivity contribution in [2.24, 2.45) is 0 Å². The molecule has 1 N–H and O–H groups in total. The first-order chi connectivity index (χ1) is 6.91. The van der Waals surface area contributed by atoms with Gasteiger partial charge in [-0.3, -0.25) is 9.78 Å². The van der Waals surface area contributed by atoms with E-state index in [0.717, 1.165) is 0 Å². The average molecular weight is 327 g/mol. The van der Waals surface area contributed by atoms with Crippen LogP contribution in [0.15, 0.2) is 6.07 Å². The second kappa shape index (κ2) is 4.82. The monoisotopic (exact) mass is 327 g/mol. The SMILES string of the molecule is Cc1cc(CC(=O)O)c(I)c(C(F)F)n1. The molecule has 1 rings (SSSR count). The quantitative estimate of drug-likeness (QED) is 0.868. The largest absolute Gasteiger partial charge is 0.481 e. The molecule has 0 unspecified atom stereocenters. The fraction of sp³-hybridized carbons (Fsp3) is 0.333. The standard InChI is InChI=1S/C9H8F2INO2/c1-4-2-5(3-6(14)15)7(12)8(13-4)9(10)11/h2,9H,3H2,1H3,(H,14,15). The van der Waals surface area contributed by atoms with E-state index in [1.54, 1.807) is 29.5 Å². The van der Waals surface area contributed by atoms with E-state index in [1.165, 1.54) is 6.07 Å². The van der Waals surface area contributed by atoms with Crippen LogP contribution in [-0.2, 0) is 11.2 Å². The summed E-state index contributed by atoms with van der Waals surface area (Å²) in [4.78, 5) is 14.2. The summed E-state index contributed by atoms with van der Waals surface area (Å²) in [6.45, 7) is 1.56. The number of pyridine rings is 1. The lowest BCUT2D eigenvalue weighted by Gasteiger charge is -2.08. The molecule has 82 valence electrons. The van der Waals surface area contributed by atoms with Gasteiger partial charge in [-0.15, -0.1) is 0 Å². The summed E-state index contributed by atoms with van der Waals surface area (Å²) in [5.41, 5.74) is 0.444. The van der Waals surface area contributed by atoms with Crippen molar-refractivity contribution in [1.29, 1.82) is 0 Å². The number of aliphatic carboxylic acids is 1. The number of aromatic nitrogens is 1. The van der Waals surface area contributed by atoms with Crippen LogP contribution in [0.1, 0.15) is 23.4 Å². The maximum Gasteiger partial charge on any atom is 0.307 e. The Labute approximate surface area is 98.7 Å². The van der Waals surface area contributed by atoms with Gasteiger partial charge < -0.3 is 5.11 Å². The minimum Gasteiger partial charge on any atom is -0.481 e. The Bertz CT molecular complexity index is 396. The zero-order valence-corrected chi connectivity index (χ0v) is 9.96. The van der Waals surface area contributed by atoms with Crippen LogP contribution in [0.25, 0.3) is 0 Å². The lowest BCUT2D eigenvalue weighted by atomic mass is 10.1. The summed E-state index contributed by atoms with van der Waals surface area (Å²) >= 11 is 1.70. The first-order valence-electron chi connectivity index (χ1n) is 4.07. The van der Waals surface area contributed by atoms with Crippen LogP contribution in [0.2, 0.25) is 0 Å². The molecule has 1 heterocycles. The number of alkyl halides is 2. The van der Waals surface area contributed by atoms with Crippen molar-refractivity contribution in [2.45, 2.75) is 19.8 Å². The van der Waals surface area contributed by atoms with Gasteiger partial charge in [0.1, 0.15) is 5.69 Å². The molecule has 3 nitrogen and oxygen atoms in total. The van der Waals surface area contributed by atoms with Gasteiger partial charge >= 0.3 is 5.97 Å². The number of hydrogen-bond acceptors (Lipinski definition) is 2. The second-order valence-corrected chi connectivity index (χ2v) is 4.07. The maximum atomic E-state index is 12.5. The number of carboxylic acids is 1. The van der Waals surface area contributed by atoms with Gasteiger partial charge in [0.25, 0.3) is 6.43 Å². The van der Waals surface area contributed by atoms with E-state index in [1.807, 2.05) is 0 Å². The number of rotatable bonds is 3. The zero-order valence-electron chi connectivity index (χ0n) is 7.80. The first-order valence-corrected chi connectivity index (χ1v) is 5.15. The van der Waals surface area contributed by atoms with Crippen molar-refractivity contribution in [2.75, 3.05) is 0 Å². The van der Waals surface area contributed by atoms with Crippen molar-refractivity contribution >= 4 is 28.6 Å². The van der Waals surface area contributed by atoms with Crippen LogP contribution in [0, 0.1) is 10.5 Å². The third kappa shape index (κ3) is 3.08. The Morgan fingerprint density at radius 2 is 2.27 bits per heavy atom. The van der Waals surface area contributed by atoms with Gasteiger partial charge in [-0.1, -0.05) is 0 Å². The molecule has 0 bridgehead atoms. The summed E-state index contributed by atoms with van der Waals surface area (Å²) in [6, 6.07) is 1.52. The molecule has 0 aliphatic rings.